The lowest BCUT2D eigenvalue weighted by Gasteiger charge is -2.34. The van der Waals surface area contributed by atoms with Crippen molar-refractivity contribution in [1.29, 1.82) is 0 Å². The topological polar surface area (TPSA) is 61.3 Å². The Hall–Kier alpha value is -1.21. The number of halogens is 1. The smallest absolute Gasteiger partial charge is 0.225 e. The highest BCUT2D eigenvalue weighted by Gasteiger charge is 2.31. The second kappa shape index (κ2) is 7.99. The van der Waals surface area contributed by atoms with Crippen LogP contribution in [-0.2, 0) is 6.42 Å². The van der Waals surface area contributed by atoms with Crippen molar-refractivity contribution in [3.05, 3.63) is 38.8 Å². The zero-order valence-electron chi connectivity index (χ0n) is 14.9. The molecule has 7 heteroatoms. The summed E-state index contributed by atoms with van der Waals surface area (Å²) in [7, 11) is 3.90. The van der Waals surface area contributed by atoms with E-state index in [0.717, 1.165) is 28.8 Å². The minimum Gasteiger partial charge on any atom is -0.396 e. The average molecular weight is 381 g/mol. The largest absolute Gasteiger partial charge is 0.396 e. The van der Waals surface area contributed by atoms with E-state index in [-0.39, 0.29) is 12.6 Å². The standard InChI is InChI=1S/C18H25ClN4OS/c1-11-8-13(17-12(5-7-24)10-16(19)25-17)9-15(21-11)14-4-6-20-18(22-14)23(2)3/h4,6,10-11,13,15,21,24H,5,7-9H2,1-3H3. The Bertz CT molecular complexity index is 721. The Morgan fingerprint density at radius 3 is 2.92 bits per heavy atom. The molecule has 3 heterocycles. The van der Waals surface area contributed by atoms with Gasteiger partial charge in [-0.25, -0.2) is 9.97 Å². The molecule has 2 aromatic rings. The molecular formula is C18H25ClN4OS. The SMILES string of the molecule is CC1CC(c2sc(Cl)cc2CCO)CC(c2ccnc(N(C)C)n2)N1. The van der Waals surface area contributed by atoms with Crippen LogP contribution in [0.4, 0.5) is 5.95 Å². The fourth-order valence-electron chi connectivity index (χ4n) is 3.55. The molecule has 0 aromatic carbocycles. The van der Waals surface area contributed by atoms with E-state index in [9.17, 15) is 5.11 Å². The van der Waals surface area contributed by atoms with Gasteiger partial charge in [-0.2, -0.15) is 0 Å². The Balaban J connectivity index is 1.86. The van der Waals surface area contributed by atoms with Crippen LogP contribution in [0.2, 0.25) is 4.34 Å². The molecule has 1 fully saturated rings. The summed E-state index contributed by atoms with van der Waals surface area (Å²) < 4.78 is 0.804. The van der Waals surface area contributed by atoms with Crippen LogP contribution in [0.5, 0.6) is 0 Å². The van der Waals surface area contributed by atoms with Gasteiger partial charge in [0.05, 0.1) is 16.1 Å². The summed E-state index contributed by atoms with van der Waals surface area (Å²) in [6.45, 7) is 2.37. The Morgan fingerprint density at radius 1 is 1.40 bits per heavy atom. The minimum atomic E-state index is 0.155. The third kappa shape index (κ3) is 4.31. The van der Waals surface area contributed by atoms with Gasteiger partial charge in [-0.15, -0.1) is 11.3 Å². The Kier molecular flexibility index (Phi) is 5.94. The first kappa shape index (κ1) is 18.6. The molecule has 2 N–H and O–H groups in total. The average Bonchev–Trinajstić information content (AvgIpc) is 2.95. The van der Waals surface area contributed by atoms with Gasteiger partial charge >= 0.3 is 0 Å². The Labute approximate surface area is 158 Å². The third-order valence-electron chi connectivity index (χ3n) is 4.63. The second-order valence-corrected chi connectivity index (χ2v) is 8.59. The van der Waals surface area contributed by atoms with Gasteiger partial charge in [0, 0.05) is 37.8 Å². The number of rotatable bonds is 5. The number of aliphatic hydroxyl groups is 1. The third-order valence-corrected chi connectivity index (χ3v) is 6.10. The number of piperidine rings is 1. The van der Waals surface area contributed by atoms with Crippen molar-refractivity contribution in [2.45, 2.75) is 44.2 Å². The molecule has 1 saturated heterocycles. The van der Waals surface area contributed by atoms with E-state index < -0.39 is 0 Å². The lowest BCUT2D eigenvalue weighted by molar-refractivity contribution is 0.293. The van der Waals surface area contributed by atoms with Crippen LogP contribution in [0.1, 0.15) is 47.9 Å². The van der Waals surface area contributed by atoms with E-state index >= 15 is 0 Å². The maximum absolute atomic E-state index is 9.34. The molecule has 25 heavy (non-hydrogen) atoms. The number of aromatic nitrogens is 2. The summed E-state index contributed by atoms with van der Waals surface area (Å²) in [5.41, 5.74) is 2.22. The first-order valence-corrected chi connectivity index (χ1v) is 9.82. The molecule has 0 aliphatic carbocycles. The van der Waals surface area contributed by atoms with E-state index in [1.54, 1.807) is 11.3 Å². The van der Waals surface area contributed by atoms with E-state index in [4.69, 9.17) is 16.6 Å². The van der Waals surface area contributed by atoms with Crippen molar-refractivity contribution >= 4 is 28.9 Å². The van der Waals surface area contributed by atoms with Crippen molar-refractivity contribution in [2.75, 3.05) is 25.6 Å². The van der Waals surface area contributed by atoms with E-state index in [0.29, 0.717) is 18.4 Å². The fourth-order valence-corrected chi connectivity index (χ4v) is 4.99. The molecule has 5 nitrogen and oxygen atoms in total. The van der Waals surface area contributed by atoms with Crippen LogP contribution in [0, 0.1) is 0 Å². The van der Waals surface area contributed by atoms with Gasteiger partial charge < -0.3 is 15.3 Å². The van der Waals surface area contributed by atoms with Gasteiger partial charge in [0.25, 0.3) is 0 Å². The number of nitrogens with zero attached hydrogens (tertiary/aromatic N) is 3. The molecule has 2 aromatic heterocycles. The lowest BCUT2D eigenvalue weighted by atomic mass is 9.84. The zero-order chi connectivity index (χ0) is 18.0. The molecule has 0 radical (unpaired) electrons. The highest BCUT2D eigenvalue weighted by atomic mass is 35.5. The predicted molar refractivity (Wildman–Crippen MR) is 104 cm³/mol. The molecule has 0 amide bonds. The normalized spacial score (nSPS) is 23.6. The molecule has 3 unspecified atom stereocenters. The van der Waals surface area contributed by atoms with Gasteiger partial charge in [0.2, 0.25) is 5.95 Å². The summed E-state index contributed by atoms with van der Waals surface area (Å²) in [5, 5.41) is 13.0. The highest BCUT2D eigenvalue weighted by Crippen LogP contribution is 2.42. The molecule has 0 bridgehead atoms. The predicted octanol–water partition coefficient (Wildman–Crippen LogP) is 3.39. The van der Waals surface area contributed by atoms with Crippen LogP contribution in [-0.4, -0.2) is 41.8 Å². The van der Waals surface area contributed by atoms with Crippen LogP contribution in [0.3, 0.4) is 0 Å². The van der Waals surface area contributed by atoms with Gasteiger partial charge in [0.15, 0.2) is 0 Å². The van der Waals surface area contributed by atoms with Crippen LogP contribution in [0.15, 0.2) is 18.3 Å². The first-order chi connectivity index (χ1) is 12.0. The summed E-state index contributed by atoms with van der Waals surface area (Å²) in [6, 6.07) is 4.59. The first-order valence-electron chi connectivity index (χ1n) is 8.63. The highest BCUT2D eigenvalue weighted by molar-refractivity contribution is 7.16. The molecule has 0 spiro atoms. The van der Waals surface area contributed by atoms with Crippen molar-refractivity contribution in [3.8, 4) is 0 Å². The minimum absolute atomic E-state index is 0.155. The van der Waals surface area contributed by atoms with Crippen molar-refractivity contribution in [1.82, 2.24) is 15.3 Å². The molecule has 0 saturated carbocycles. The number of aliphatic hydroxyl groups excluding tert-OH is 1. The van der Waals surface area contributed by atoms with Crippen molar-refractivity contribution in [2.24, 2.45) is 0 Å². The van der Waals surface area contributed by atoms with Crippen molar-refractivity contribution in [3.63, 3.8) is 0 Å². The maximum Gasteiger partial charge on any atom is 0.225 e. The molecule has 3 atom stereocenters. The van der Waals surface area contributed by atoms with Crippen LogP contribution >= 0.6 is 22.9 Å². The Morgan fingerprint density at radius 2 is 2.20 bits per heavy atom. The van der Waals surface area contributed by atoms with Crippen molar-refractivity contribution < 1.29 is 5.11 Å². The lowest BCUT2D eigenvalue weighted by Crippen LogP contribution is -2.38. The maximum atomic E-state index is 9.34. The van der Waals surface area contributed by atoms with Crippen LogP contribution in [0.25, 0.3) is 0 Å². The quantitative estimate of drug-likeness (QED) is 0.832. The molecular weight excluding hydrogens is 356 g/mol. The number of hydrogen-bond acceptors (Lipinski definition) is 6. The van der Waals surface area contributed by atoms with E-state index in [1.807, 2.05) is 37.3 Å². The number of hydrogen-bond donors (Lipinski definition) is 2. The summed E-state index contributed by atoms with van der Waals surface area (Å²) >= 11 is 7.91. The summed E-state index contributed by atoms with van der Waals surface area (Å²) in [6.07, 6.45) is 4.54. The van der Waals surface area contributed by atoms with Gasteiger partial charge in [-0.3, -0.25) is 0 Å². The number of nitrogens with one attached hydrogen (secondary N) is 1. The molecule has 3 rings (SSSR count). The molecule has 1 aliphatic heterocycles. The second-order valence-electron chi connectivity index (χ2n) is 6.88. The zero-order valence-corrected chi connectivity index (χ0v) is 16.4. The number of thiophene rings is 1. The summed E-state index contributed by atoms with van der Waals surface area (Å²) in [4.78, 5) is 12.3. The monoisotopic (exact) mass is 380 g/mol. The molecule has 1 aliphatic rings. The molecule has 136 valence electrons. The van der Waals surface area contributed by atoms with Gasteiger partial charge in [-0.05, 0) is 49.8 Å². The fraction of sp³-hybridized carbons (Fsp3) is 0.556. The van der Waals surface area contributed by atoms with Gasteiger partial charge in [-0.1, -0.05) is 11.6 Å². The number of anilines is 1. The van der Waals surface area contributed by atoms with E-state index in [1.165, 1.54) is 10.4 Å². The van der Waals surface area contributed by atoms with Gasteiger partial charge in [0.1, 0.15) is 0 Å². The van der Waals surface area contributed by atoms with Crippen LogP contribution < -0.4 is 10.2 Å². The summed E-state index contributed by atoms with van der Waals surface area (Å²) in [5.74, 6) is 1.16. The van der Waals surface area contributed by atoms with E-state index in [2.05, 4.69) is 17.2 Å².